The predicted octanol–water partition coefficient (Wildman–Crippen LogP) is 1.53. The van der Waals surface area contributed by atoms with Crippen molar-refractivity contribution >= 4 is 11.9 Å². The van der Waals surface area contributed by atoms with Crippen LogP contribution >= 0.6 is 0 Å². The molecule has 0 saturated carbocycles. The van der Waals surface area contributed by atoms with Crippen LogP contribution in [0.1, 0.15) is 31.2 Å². The number of fused-ring (bicyclic) bond motifs is 1. The number of ether oxygens (including phenoxy) is 1. The van der Waals surface area contributed by atoms with Gasteiger partial charge in [-0.2, -0.15) is 0 Å². The van der Waals surface area contributed by atoms with E-state index < -0.39 is 17.9 Å². The molecule has 5 heteroatoms. The Bertz CT molecular complexity index is 486. The smallest absolute Gasteiger partial charge is 0.326 e. The molecule has 0 saturated heterocycles. The van der Waals surface area contributed by atoms with E-state index in [0.717, 1.165) is 5.56 Å². The average Bonchev–Trinajstić information content (AvgIpc) is 2.81. The first-order valence-corrected chi connectivity index (χ1v) is 6.38. The summed E-state index contributed by atoms with van der Waals surface area (Å²) in [6.45, 7) is 2.15. The van der Waals surface area contributed by atoms with Crippen LogP contribution in [0.5, 0.6) is 5.75 Å². The zero-order valence-corrected chi connectivity index (χ0v) is 10.8. The predicted molar refractivity (Wildman–Crippen MR) is 69.2 cm³/mol. The van der Waals surface area contributed by atoms with Crippen LogP contribution in [-0.2, 0) is 9.59 Å². The van der Waals surface area contributed by atoms with Crippen molar-refractivity contribution < 1.29 is 19.4 Å². The summed E-state index contributed by atoms with van der Waals surface area (Å²) < 4.78 is 5.43. The Morgan fingerprint density at radius 3 is 2.89 bits per heavy atom. The van der Waals surface area contributed by atoms with Gasteiger partial charge >= 0.3 is 5.97 Å². The highest BCUT2D eigenvalue weighted by molar-refractivity contribution is 5.89. The van der Waals surface area contributed by atoms with Gasteiger partial charge in [0.25, 0.3) is 0 Å². The molecule has 1 heterocycles. The molecular weight excluding hydrogens is 246 g/mol. The van der Waals surface area contributed by atoms with Crippen LogP contribution in [0, 0.1) is 0 Å². The molecule has 0 radical (unpaired) electrons. The van der Waals surface area contributed by atoms with Gasteiger partial charge in [-0.25, -0.2) is 4.79 Å². The van der Waals surface area contributed by atoms with Crippen LogP contribution in [0.3, 0.4) is 0 Å². The zero-order chi connectivity index (χ0) is 13.8. The fourth-order valence-electron chi connectivity index (χ4n) is 2.20. The Labute approximate surface area is 111 Å². The normalized spacial score (nSPS) is 18.3. The van der Waals surface area contributed by atoms with E-state index in [9.17, 15) is 9.59 Å². The summed E-state index contributed by atoms with van der Waals surface area (Å²) >= 11 is 0. The first-order valence-electron chi connectivity index (χ1n) is 6.38. The topological polar surface area (TPSA) is 75.6 Å². The van der Waals surface area contributed by atoms with Crippen molar-refractivity contribution in [2.75, 3.05) is 6.61 Å². The summed E-state index contributed by atoms with van der Waals surface area (Å²) in [6.07, 6.45) is 1.13. The minimum absolute atomic E-state index is 0.268. The molecule has 19 heavy (non-hydrogen) atoms. The number of benzene rings is 1. The number of nitrogens with one attached hydrogen (secondary N) is 1. The third-order valence-electron chi connectivity index (χ3n) is 3.21. The van der Waals surface area contributed by atoms with Crippen molar-refractivity contribution in [2.24, 2.45) is 0 Å². The van der Waals surface area contributed by atoms with E-state index in [1.54, 1.807) is 0 Å². The van der Waals surface area contributed by atoms with Gasteiger partial charge in [0.15, 0.2) is 0 Å². The Kier molecular flexibility index (Phi) is 4.04. The molecule has 0 bridgehead atoms. The first kappa shape index (κ1) is 13.4. The van der Waals surface area contributed by atoms with Gasteiger partial charge in [-0.1, -0.05) is 31.5 Å². The lowest BCUT2D eigenvalue weighted by atomic mass is 10.00. The van der Waals surface area contributed by atoms with Gasteiger partial charge in [0.05, 0.1) is 0 Å². The molecule has 1 amide bonds. The Morgan fingerprint density at radius 1 is 1.47 bits per heavy atom. The van der Waals surface area contributed by atoms with Crippen molar-refractivity contribution in [3.8, 4) is 5.75 Å². The monoisotopic (exact) mass is 263 g/mol. The van der Waals surface area contributed by atoms with Crippen molar-refractivity contribution in [3.05, 3.63) is 29.8 Å². The number of carboxylic acids is 1. The summed E-state index contributed by atoms with van der Waals surface area (Å²) in [6, 6.07) is 6.50. The standard InChI is InChI=1S/C14H17NO4/c1-2-5-11(14(17)18)15-13(16)10-8-19-12-7-4-3-6-9(10)12/h3-4,6-7,10-11H,2,5,8H2,1H3,(H,15,16)(H,17,18)/t10?,11-/m0/s1. The highest BCUT2D eigenvalue weighted by Crippen LogP contribution is 2.33. The number of hydrogen-bond acceptors (Lipinski definition) is 3. The van der Waals surface area contributed by atoms with Gasteiger partial charge in [-0.05, 0) is 12.5 Å². The molecule has 0 aliphatic carbocycles. The highest BCUT2D eigenvalue weighted by atomic mass is 16.5. The molecule has 0 spiro atoms. The Morgan fingerprint density at radius 2 is 2.21 bits per heavy atom. The molecule has 5 nitrogen and oxygen atoms in total. The van der Waals surface area contributed by atoms with E-state index in [2.05, 4.69) is 5.32 Å². The van der Waals surface area contributed by atoms with Gasteiger partial charge in [0.2, 0.25) is 5.91 Å². The lowest BCUT2D eigenvalue weighted by Gasteiger charge is -2.16. The van der Waals surface area contributed by atoms with Crippen LogP contribution in [0.2, 0.25) is 0 Å². The number of carboxylic acid groups (broad SMARTS) is 1. The van der Waals surface area contributed by atoms with E-state index >= 15 is 0 Å². The third-order valence-corrected chi connectivity index (χ3v) is 3.21. The van der Waals surface area contributed by atoms with Crippen LogP contribution < -0.4 is 10.1 Å². The number of carbonyl (C=O) groups is 2. The SMILES string of the molecule is CCC[C@H](NC(=O)C1COc2ccccc21)C(=O)O. The molecule has 2 atom stereocenters. The summed E-state index contributed by atoms with van der Waals surface area (Å²) in [5.74, 6) is -1.01. The molecule has 2 rings (SSSR count). The molecule has 2 N–H and O–H groups in total. The van der Waals surface area contributed by atoms with E-state index in [-0.39, 0.29) is 12.5 Å². The highest BCUT2D eigenvalue weighted by Gasteiger charge is 2.32. The second-order valence-electron chi connectivity index (χ2n) is 4.59. The minimum Gasteiger partial charge on any atom is -0.492 e. The molecular formula is C14H17NO4. The van der Waals surface area contributed by atoms with Gasteiger partial charge in [-0.3, -0.25) is 4.79 Å². The molecule has 0 fully saturated rings. The lowest BCUT2D eigenvalue weighted by Crippen LogP contribution is -2.43. The van der Waals surface area contributed by atoms with Crippen molar-refractivity contribution in [1.82, 2.24) is 5.32 Å². The number of rotatable bonds is 5. The van der Waals surface area contributed by atoms with E-state index in [1.165, 1.54) is 0 Å². The molecule has 1 aromatic carbocycles. The molecule has 1 aromatic rings. The van der Waals surface area contributed by atoms with Gasteiger partial charge in [0, 0.05) is 5.56 Å². The van der Waals surface area contributed by atoms with Crippen LogP contribution in [-0.4, -0.2) is 29.6 Å². The molecule has 1 aliphatic heterocycles. The molecule has 0 aromatic heterocycles. The maximum atomic E-state index is 12.1. The second kappa shape index (κ2) is 5.73. The summed E-state index contributed by atoms with van der Waals surface area (Å²) in [5, 5.41) is 11.6. The molecule has 1 aliphatic rings. The van der Waals surface area contributed by atoms with Gasteiger partial charge < -0.3 is 15.2 Å². The number of amides is 1. The maximum absolute atomic E-state index is 12.1. The van der Waals surface area contributed by atoms with Crippen LogP contribution in [0.15, 0.2) is 24.3 Å². The fourth-order valence-corrected chi connectivity index (χ4v) is 2.20. The largest absolute Gasteiger partial charge is 0.492 e. The zero-order valence-electron chi connectivity index (χ0n) is 10.8. The Hall–Kier alpha value is -2.04. The maximum Gasteiger partial charge on any atom is 0.326 e. The first-order chi connectivity index (χ1) is 9.13. The van der Waals surface area contributed by atoms with Crippen LogP contribution in [0.4, 0.5) is 0 Å². The molecule has 1 unspecified atom stereocenters. The fraction of sp³-hybridized carbons (Fsp3) is 0.429. The average molecular weight is 263 g/mol. The second-order valence-corrected chi connectivity index (χ2v) is 4.59. The van der Waals surface area contributed by atoms with Gasteiger partial charge in [-0.15, -0.1) is 0 Å². The van der Waals surface area contributed by atoms with Crippen molar-refractivity contribution in [3.63, 3.8) is 0 Å². The number of aliphatic carboxylic acids is 1. The van der Waals surface area contributed by atoms with E-state index in [0.29, 0.717) is 18.6 Å². The minimum atomic E-state index is -0.998. The molecule has 102 valence electrons. The van der Waals surface area contributed by atoms with Crippen molar-refractivity contribution in [1.29, 1.82) is 0 Å². The van der Waals surface area contributed by atoms with E-state index in [4.69, 9.17) is 9.84 Å². The summed E-state index contributed by atoms with van der Waals surface area (Å²) in [7, 11) is 0. The quantitative estimate of drug-likeness (QED) is 0.844. The number of para-hydroxylation sites is 1. The Balaban J connectivity index is 2.07. The van der Waals surface area contributed by atoms with Gasteiger partial charge in [0.1, 0.15) is 24.3 Å². The third kappa shape index (κ3) is 2.86. The lowest BCUT2D eigenvalue weighted by molar-refractivity contribution is -0.142. The van der Waals surface area contributed by atoms with E-state index in [1.807, 2.05) is 31.2 Å². The number of carbonyl (C=O) groups excluding carboxylic acids is 1. The number of hydrogen-bond donors (Lipinski definition) is 2. The van der Waals surface area contributed by atoms with Crippen molar-refractivity contribution in [2.45, 2.75) is 31.7 Å². The summed E-state index contributed by atoms with van der Waals surface area (Å²) in [4.78, 5) is 23.2. The summed E-state index contributed by atoms with van der Waals surface area (Å²) in [5.41, 5.74) is 0.820. The van der Waals surface area contributed by atoms with Crippen LogP contribution in [0.25, 0.3) is 0 Å².